The van der Waals surface area contributed by atoms with Gasteiger partial charge in [0.2, 0.25) is 5.91 Å². The minimum atomic E-state index is -4.40. The molecule has 0 saturated carbocycles. The maximum Gasteiger partial charge on any atom is 0.426 e. The molecule has 2 heterocycles. The van der Waals surface area contributed by atoms with Crippen molar-refractivity contribution in [3.05, 3.63) is 33.6 Å². The van der Waals surface area contributed by atoms with Gasteiger partial charge in [-0.05, 0) is 36.9 Å². The van der Waals surface area contributed by atoms with Gasteiger partial charge in [-0.3, -0.25) is 4.79 Å². The average molecular weight is 345 g/mol. The first kappa shape index (κ1) is 17.2. The highest BCUT2D eigenvalue weighted by Gasteiger charge is 2.34. The van der Waals surface area contributed by atoms with Crippen LogP contribution in [0.25, 0.3) is 12.2 Å². The maximum atomic E-state index is 12.7. The summed E-state index contributed by atoms with van der Waals surface area (Å²) in [6, 6.07) is 1.35. The van der Waals surface area contributed by atoms with E-state index in [0.29, 0.717) is 11.3 Å². The first-order chi connectivity index (χ1) is 10.8. The highest BCUT2D eigenvalue weighted by molar-refractivity contribution is 7.10. The largest absolute Gasteiger partial charge is 0.426 e. The van der Waals surface area contributed by atoms with Crippen LogP contribution in [0.3, 0.4) is 0 Å². The van der Waals surface area contributed by atoms with Crippen molar-refractivity contribution in [2.45, 2.75) is 32.5 Å². The third-order valence-corrected chi connectivity index (χ3v) is 3.59. The number of hydrogen-bond acceptors (Lipinski definition) is 5. The number of rotatable bonds is 5. The van der Waals surface area contributed by atoms with Crippen molar-refractivity contribution in [1.29, 1.82) is 0 Å². The van der Waals surface area contributed by atoms with E-state index in [9.17, 15) is 18.0 Å². The fourth-order valence-corrected chi connectivity index (χ4v) is 2.52. The van der Waals surface area contributed by atoms with Crippen molar-refractivity contribution in [3.8, 4) is 0 Å². The third kappa shape index (κ3) is 4.92. The molecule has 1 amide bonds. The second-order valence-corrected chi connectivity index (χ2v) is 5.90. The highest BCUT2D eigenvalue weighted by atomic mass is 32.1. The summed E-state index contributed by atoms with van der Waals surface area (Å²) in [4.78, 5) is 14.8. The number of nitrogens with zero attached hydrogens (tertiary/aromatic N) is 2. The Morgan fingerprint density at radius 1 is 1.43 bits per heavy atom. The Hall–Kier alpha value is -2.16. The number of alkyl halides is 3. The number of hydrogen-bond donors (Lipinski definition) is 1. The van der Waals surface area contributed by atoms with Gasteiger partial charge in [-0.2, -0.15) is 18.2 Å². The van der Waals surface area contributed by atoms with E-state index in [-0.39, 0.29) is 35.6 Å². The fraction of sp³-hybridized carbons (Fsp3) is 0.357. The van der Waals surface area contributed by atoms with Crippen LogP contribution in [0.5, 0.6) is 0 Å². The van der Waals surface area contributed by atoms with E-state index >= 15 is 0 Å². The minimum Gasteiger partial charge on any atom is -0.354 e. The van der Waals surface area contributed by atoms with E-state index in [4.69, 9.17) is 4.52 Å². The standard InChI is InChI=1S/C14H14F3N3O2S/c1-8(2)18-11(21)7-10-19-12(22-20-10)4-3-9-5-6-23-13(9)14(15,16)17/h3-6,8H,7H2,1-2H3,(H,18,21)/b4-3+. The van der Waals surface area contributed by atoms with Crippen LogP contribution < -0.4 is 5.32 Å². The van der Waals surface area contributed by atoms with E-state index in [1.165, 1.54) is 23.6 Å². The molecule has 0 aliphatic carbocycles. The fourth-order valence-electron chi connectivity index (χ4n) is 1.77. The number of aromatic nitrogens is 2. The van der Waals surface area contributed by atoms with Gasteiger partial charge in [-0.1, -0.05) is 5.16 Å². The Morgan fingerprint density at radius 3 is 2.83 bits per heavy atom. The van der Waals surface area contributed by atoms with Crippen molar-refractivity contribution in [2.75, 3.05) is 0 Å². The molecule has 0 aliphatic rings. The van der Waals surface area contributed by atoms with Gasteiger partial charge in [0.1, 0.15) is 4.88 Å². The summed E-state index contributed by atoms with van der Waals surface area (Å²) >= 11 is 0.615. The summed E-state index contributed by atoms with van der Waals surface area (Å²) < 4.78 is 43.1. The maximum absolute atomic E-state index is 12.7. The molecule has 0 aliphatic heterocycles. The zero-order chi connectivity index (χ0) is 17.0. The Labute approximate surface area is 134 Å². The molecule has 0 unspecified atom stereocenters. The van der Waals surface area contributed by atoms with Crippen LogP contribution in [0.2, 0.25) is 0 Å². The predicted octanol–water partition coefficient (Wildman–Crippen LogP) is 3.39. The van der Waals surface area contributed by atoms with Gasteiger partial charge in [0, 0.05) is 12.1 Å². The normalized spacial score (nSPS) is 12.3. The molecule has 0 saturated heterocycles. The molecular weight excluding hydrogens is 331 g/mol. The zero-order valence-corrected chi connectivity index (χ0v) is 13.2. The van der Waals surface area contributed by atoms with Gasteiger partial charge in [-0.25, -0.2) is 0 Å². The highest BCUT2D eigenvalue weighted by Crippen LogP contribution is 2.36. The molecule has 124 valence electrons. The lowest BCUT2D eigenvalue weighted by Crippen LogP contribution is -2.31. The molecule has 23 heavy (non-hydrogen) atoms. The molecule has 2 rings (SSSR count). The Balaban J connectivity index is 2.05. The van der Waals surface area contributed by atoms with Crippen LogP contribution >= 0.6 is 11.3 Å². The van der Waals surface area contributed by atoms with Crippen LogP contribution in [0.4, 0.5) is 13.2 Å². The first-order valence-corrected chi connectivity index (χ1v) is 7.58. The Bertz CT molecular complexity index is 704. The van der Waals surface area contributed by atoms with Crippen LogP contribution in [-0.4, -0.2) is 22.1 Å². The monoisotopic (exact) mass is 345 g/mol. The van der Waals surface area contributed by atoms with E-state index in [1.54, 1.807) is 0 Å². The van der Waals surface area contributed by atoms with Crippen LogP contribution in [0.15, 0.2) is 16.0 Å². The second kappa shape index (κ2) is 6.95. The van der Waals surface area contributed by atoms with Gasteiger partial charge in [0.05, 0.1) is 6.42 Å². The van der Waals surface area contributed by atoms with Crippen molar-refractivity contribution in [2.24, 2.45) is 0 Å². The quantitative estimate of drug-likeness (QED) is 0.902. The summed E-state index contributed by atoms with van der Waals surface area (Å²) in [5, 5.41) is 7.65. The molecule has 2 aromatic rings. The lowest BCUT2D eigenvalue weighted by atomic mass is 10.2. The molecule has 5 nitrogen and oxygen atoms in total. The van der Waals surface area contributed by atoms with Crippen molar-refractivity contribution >= 4 is 29.4 Å². The molecule has 0 radical (unpaired) electrons. The van der Waals surface area contributed by atoms with E-state index in [2.05, 4.69) is 15.5 Å². The summed E-state index contributed by atoms with van der Waals surface area (Å²) in [7, 11) is 0. The number of amides is 1. The molecule has 0 atom stereocenters. The summed E-state index contributed by atoms with van der Waals surface area (Å²) in [5.74, 6) is -0.0469. The Morgan fingerprint density at radius 2 is 2.17 bits per heavy atom. The molecular formula is C14H14F3N3O2S. The van der Waals surface area contributed by atoms with Gasteiger partial charge >= 0.3 is 6.18 Å². The third-order valence-electron chi connectivity index (χ3n) is 2.61. The second-order valence-electron chi connectivity index (χ2n) is 4.98. The van der Waals surface area contributed by atoms with E-state index in [0.717, 1.165) is 0 Å². The number of thiophene rings is 1. The van der Waals surface area contributed by atoms with Gasteiger partial charge in [-0.15, -0.1) is 11.3 Å². The van der Waals surface area contributed by atoms with E-state index < -0.39 is 11.1 Å². The zero-order valence-electron chi connectivity index (χ0n) is 12.3. The summed E-state index contributed by atoms with van der Waals surface area (Å²) in [5.41, 5.74) is 0.0276. The molecule has 0 bridgehead atoms. The smallest absolute Gasteiger partial charge is 0.354 e. The molecule has 9 heteroatoms. The number of carbonyl (C=O) groups is 1. The SMILES string of the molecule is CC(C)NC(=O)Cc1noc(/C=C/c2ccsc2C(F)(F)F)n1. The van der Waals surface area contributed by atoms with Crippen LogP contribution in [-0.2, 0) is 17.4 Å². The lowest BCUT2D eigenvalue weighted by molar-refractivity contribution is -0.134. The van der Waals surface area contributed by atoms with Gasteiger partial charge in [0.15, 0.2) is 5.82 Å². The summed E-state index contributed by atoms with van der Waals surface area (Å²) in [6.07, 6.45) is -1.91. The van der Waals surface area contributed by atoms with Crippen molar-refractivity contribution < 1.29 is 22.5 Å². The van der Waals surface area contributed by atoms with Crippen LogP contribution in [0, 0.1) is 0 Å². The van der Waals surface area contributed by atoms with Crippen molar-refractivity contribution in [3.63, 3.8) is 0 Å². The number of nitrogens with one attached hydrogen (secondary N) is 1. The summed E-state index contributed by atoms with van der Waals surface area (Å²) in [6.45, 7) is 3.64. The molecule has 1 N–H and O–H groups in total. The molecule has 0 spiro atoms. The number of carbonyl (C=O) groups excluding carboxylic acids is 1. The Kier molecular flexibility index (Phi) is 5.19. The van der Waals surface area contributed by atoms with Crippen molar-refractivity contribution in [1.82, 2.24) is 15.5 Å². The minimum absolute atomic E-state index is 0.00634. The average Bonchev–Trinajstić information content (AvgIpc) is 3.02. The molecule has 0 fully saturated rings. The first-order valence-electron chi connectivity index (χ1n) is 6.70. The molecule has 2 aromatic heterocycles. The van der Waals surface area contributed by atoms with Crippen LogP contribution in [0.1, 0.15) is 36.0 Å². The number of halogens is 3. The molecule has 0 aromatic carbocycles. The van der Waals surface area contributed by atoms with E-state index in [1.807, 2.05) is 13.8 Å². The predicted molar refractivity (Wildman–Crippen MR) is 79.5 cm³/mol. The van der Waals surface area contributed by atoms with Gasteiger partial charge < -0.3 is 9.84 Å². The van der Waals surface area contributed by atoms with Gasteiger partial charge in [0.25, 0.3) is 5.89 Å². The topological polar surface area (TPSA) is 68.0 Å². The lowest BCUT2D eigenvalue weighted by Gasteiger charge is -2.05.